The van der Waals surface area contributed by atoms with Gasteiger partial charge in [0.1, 0.15) is 5.75 Å². The molecule has 2 aromatic carbocycles. The summed E-state index contributed by atoms with van der Waals surface area (Å²) in [5.74, 6) is 1.36. The highest BCUT2D eigenvalue weighted by Crippen LogP contribution is 2.35. The number of fused-ring (bicyclic) bond motifs is 1. The second-order valence-electron chi connectivity index (χ2n) is 4.34. The molecule has 0 aliphatic carbocycles. The van der Waals surface area contributed by atoms with E-state index in [0.29, 0.717) is 5.88 Å². The molecule has 0 saturated heterocycles. The van der Waals surface area contributed by atoms with Crippen molar-refractivity contribution in [2.75, 3.05) is 0 Å². The first-order chi connectivity index (χ1) is 9.78. The maximum absolute atomic E-state index is 5.84. The molecule has 0 amide bonds. The van der Waals surface area contributed by atoms with Crippen molar-refractivity contribution in [2.24, 2.45) is 0 Å². The minimum absolute atomic E-state index is 0.589. The number of benzene rings is 2. The number of aromatic nitrogens is 1. The van der Waals surface area contributed by atoms with Gasteiger partial charge in [-0.2, -0.15) is 0 Å². The number of alkyl halides is 1. The molecule has 0 radical (unpaired) electrons. The van der Waals surface area contributed by atoms with Crippen molar-refractivity contribution in [3.63, 3.8) is 0 Å². The number of hydrogen-bond donors (Lipinski definition) is 0. The van der Waals surface area contributed by atoms with Crippen LogP contribution in [0.4, 0.5) is 0 Å². The SMILES string of the molecule is BrCc1ccc(Oc2ccc3ccccc3c2Br)nc1. The van der Waals surface area contributed by atoms with Crippen LogP contribution in [0.1, 0.15) is 5.56 Å². The molecule has 0 spiro atoms. The summed E-state index contributed by atoms with van der Waals surface area (Å²) in [5, 5.41) is 3.09. The van der Waals surface area contributed by atoms with E-state index >= 15 is 0 Å². The molecule has 0 saturated carbocycles. The van der Waals surface area contributed by atoms with E-state index in [-0.39, 0.29) is 0 Å². The zero-order valence-corrected chi connectivity index (χ0v) is 13.7. The Morgan fingerprint density at radius 2 is 1.85 bits per heavy atom. The van der Waals surface area contributed by atoms with Crippen LogP contribution in [0.2, 0.25) is 0 Å². The number of hydrogen-bond acceptors (Lipinski definition) is 2. The van der Waals surface area contributed by atoms with E-state index in [0.717, 1.165) is 26.5 Å². The van der Waals surface area contributed by atoms with Crippen LogP contribution in [0.15, 0.2) is 59.2 Å². The van der Waals surface area contributed by atoms with E-state index in [2.05, 4.69) is 49.0 Å². The van der Waals surface area contributed by atoms with Gasteiger partial charge in [-0.25, -0.2) is 4.98 Å². The fourth-order valence-corrected chi connectivity index (χ4v) is 2.86. The van der Waals surface area contributed by atoms with Gasteiger partial charge in [-0.1, -0.05) is 52.3 Å². The lowest BCUT2D eigenvalue weighted by molar-refractivity contribution is 0.460. The quantitative estimate of drug-likeness (QED) is 0.534. The molecule has 3 aromatic rings. The molecule has 0 aliphatic heterocycles. The predicted octanol–water partition coefficient (Wildman–Crippen LogP) is 5.68. The van der Waals surface area contributed by atoms with Crippen LogP contribution in [0, 0.1) is 0 Å². The molecule has 0 bridgehead atoms. The van der Waals surface area contributed by atoms with Crippen molar-refractivity contribution in [1.82, 2.24) is 4.98 Å². The lowest BCUT2D eigenvalue weighted by Gasteiger charge is -2.09. The highest BCUT2D eigenvalue weighted by Gasteiger charge is 2.07. The Balaban J connectivity index is 1.95. The fraction of sp³-hybridized carbons (Fsp3) is 0.0625. The van der Waals surface area contributed by atoms with E-state index in [9.17, 15) is 0 Å². The molecular formula is C16H11Br2NO. The highest BCUT2D eigenvalue weighted by molar-refractivity contribution is 9.10. The highest BCUT2D eigenvalue weighted by atomic mass is 79.9. The Bertz CT molecular complexity index is 741. The third kappa shape index (κ3) is 2.72. The Kier molecular flexibility index (Phi) is 4.03. The normalized spacial score (nSPS) is 10.7. The van der Waals surface area contributed by atoms with Crippen molar-refractivity contribution in [2.45, 2.75) is 5.33 Å². The number of pyridine rings is 1. The maximum Gasteiger partial charge on any atom is 0.219 e. The van der Waals surface area contributed by atoms with Gasteiger partial charge in [0, 0.05) is 17.6 Å². The summed E-state index contributed by atoms with van der Waals surface area (Å²) in [7, 11) is 0. The van der Waals surface area contributed by atoms with Crippen molar-refractivity contribution < 1.29 is 4.74 Å². The predicted molar refractivity (Wildman–Crippen MR) is 88.6 cm³/mol. The molecule has 3 rings (SSSR count). The largest absolute Gasteiger partial charge is 0.438 e. The summed E-state index contributed by atoms with van der Waals surface area (Å²) in [6.45, 7) is 0. The van der Waals surface area contributed by atoms with Gasteiger partial charge < -0.3 is 4.74 Å². The molecule has 0 aliphatic rings. The van der Waals surface area contributed by atoms with E-state index in [1.54, 1.807) is 6.20 Å². The fourth-order valence-electron chi connectivity index (χ4n) is 1.96. The molecule has 20 heavy (non-hydrogen) atoms. The van der Waals surface area contributed by atoms with Crippen LogP contribution in [0.5, 0.6) is 11.6 Å². The molecule has 0 atom stereocenters. The van der Waals surface area contributed by atoms with E-state index in [1.807, 2.05) is 36.4 Å². The standard InChI is InChI=1S/C16H11Br2NO/c17-9-11-5-8-15(19-10-11)20-14-7-6-12-3-1-2-4-13(12)16(14)18/h1-8,10H,9H2. The monoisotopic (exact) mass is 391 g/mol. The average molecular weight is 393 g/mol. The van der Waals surface area contributed by atoms with Crippen LogP contribution < -0.4 is 4.74 Å². The number of nitrogens with zero attached hydrogens (tertiary/aromatic N) is 1. The first kappa shape index (κ1) is 13.6. The Labute approximate surface area is 134 Å². The number of ether oxygens (including phenoxy) is 1. The molecule has 0 N–H and O–H groups in total. The second kappa shape index (κ2) is 5.94. The summed E-state index contributed by atoms with van der Waals surface area (Å²) < 4.78 is 6.79. The summed E-state index contributed by atoms with van der Waals surface area (Å²) in [5.41, 5.74) is 1.12. The first-order valence-electron chi connectivity index (χ1n) is 6.14. The summed E-state index contributed by atoms with van der Waals surface area (Å²) in [4.78, 5) is 4.29. The van der Waals surface area contributed by atoms with Gasteiger partial charge in [0.2, 0.25) is 5.88 Å². The Hall–Kier alpha value is -1.39. The van der Waals surface area contributed by atoms with Crippen molar-refractivity contribution in [1.29, 1.82) is 0 Å². The Morgan fingerprint density at radius 3 is 2.60 bits per heavy atom. The van der Waals surface area contributed by atoms with Gasteiger partial charge in [-0.05, 0) is 38.3 Å². The summed E-state index contributed by atoms with van der Waals surface area (Å²) in [6, 6.07) is 16.0. The number of rotatable bonds is 3. The van der Waals surface area contributed by atoms with Crippen LogP contribution in [-0.2, 0) is 5.33 Å². The summed E-state index contributed by atoms with van der Waals surface area (Å²) in [6.07, 6.45) is 1.80. The molecule has 1 aromatic heterocycles. The van der Waals surface area contributed by atoms with Gasteiger partial charge in [0.05, 0.1) is 4.47 Å². The molecule has 0 unspecified atom stereocenters. The third-order valence-corrected chi connectivity index (χ3v) is 4.46. The molecular weight excluding hydrogens is 382 g/mol. The third-order valence-electron chi connectivity index (χ3n) is 2.99. The van der Waals surface area contributed by atoms with Gasteiger partial charge in [0.25, 0.3) is 0 Å². The molecule has 100 valence electrons. The van der Waals surface area contributed by atoms with Crippen LogP contribution in [0.3, 0.4) is 0 Å². The van der Waals surface area contributed by atoms with E-state index < -0.39 is 0 Å². The van der Waals surface area contributed by atoms with E-state index in [4.69, 9.17) is 4.74 Å². The lowest BCUT2D eigenvalue weighted by Crippen LogP contribution is -1.90. The van der Waals surface area contributed by atoms with Crippen molar-refractivity contribution >= 4 is 42.6 Å². The Morgan fingerprint density at radius 1 is 1.00 bits per heavy atom. The van der Waals surface area contributed by atoms with Crippen LogP contribution in [0.25, 0.3) is 10.8 Å². The van der Waals surface area contributed by atoms with Gasteiger partial charge in [0.15, 0.2) is 0 Å². The minimum atomic E-state index is 0.589. The topological polar surface area (TPSA) is 22.1 Å². The van der Waals surface area contributed by atoms with E-state index in [1.165, 1.54) is 5.39 Å². The van der Waals surface area contributed by atoms with Gasteiger partial charge >= 0.3 is 0 Å². The van der Waals surface area contributed by atoms with Crippen molar-refractivity contribution in [3.05, 3.63) is 64.8 Å². The molecule has 2 nitrogen and oxygen atoms in total. The lowest BCUT2D eigenvalue weighted by atomic mass is 10.1. The van der Waals surface area contributed by atoms with Crippen LogP contribution >= 0.6 is 31.9 Å². The van der Waals surface area contributed by atoms with Crippen LogP contribution in [-0.4, -0.2) is 4.98 Å². The molecule has 0 fully saturated rings. The number of halogens is 2. The van der Waals surface area contributed by atoms with Crippen molar-refractivity contribution in [3.8, 4) is 11.6 Å². The molecule has 1 heterocycles. The van der Waals surface area contributed by atoms with Gasteiger partial charge in [-0.15, -0.1) is 0 Å². The minimum Gasteiger partial charge on any atom is -0.438 e. The maximum atomic E-state index is 5.84. The smallest absolute Gasteiger partial charge is 0.219 e. The first-order valence-corrected chi connectivity index (χ1v) is 8.05. The second-order valence-corrected chi connectivity index (χ2v) is 5.69. The molecule has 4 heteroatoms. The average Bonchev–Trinajstić information content (AvgIpc) is 2.51. The summed E-state index contributed by atoms with van der Waals surface area (Å²) >= 11 is 7.01. The zero-order valence-electron chi connectivity index (χ0n) is 10.5. The van der Waals surface area contributed by atoms with Gasteiger partial charge in [-0.3, -0.25) is 0 Å². The zero-order chi connectivity index (χ0) is 13.9.